The predicted octanol–water partition coefficient (Wildman–Crippen LogP) is 3.67. The molecule has 0 bridgehead atoms. The van der Waals surface area contributed by atoms with Gasteiger partial charge in [0.15, 0.2) is 5.78 Å². The van der Waals surface area contributed by atoms with E-state index in [1.165, 1.54) is 6.08 Å². The van der Waals surface area contributed by atoms with Gasteiger partial charge in [0.1, 0.15) is 0 Å². The maximum absolute atomic E-state index is 11.9. The van der Waals surface area contributed by atoms with Crippen molar-refractivity contribution in [2.45, 2.75) is 6.54 Å². The smallest absolute Gasteiger partial charge is 0.185 e. The number of halogens is 2. The Bertz CT molecular complexity index is 605. The van der Waals surface area contributed by atoms with Crippen molar-refractivity contribution < 1.29 is 4.79 Å². The number of hydrogen-bond acceptors (Lipinski definition) is 2. The molecule has 0 radical (unpaired) electrons. The molecule has 0 atom stereocenters. The quantitative estimate of drug-likeness (QED) is 0.479. The minimum Gasteiger partial charge on any atom is -0.289 e. The van der Waals surface area contributed by atoms with E-state index in [2.05, 4.69) is 5.10 Å². The first kappa shape index (κ1) is 13.8. The third-order valence-electron chi connectivity index (χ3n) is 2.50. The van der Waals surface area contributed by atoms with Gasteiger partial charge in [-0.1, -0.05) is 23.7 Å². The normalized spacial score (nSPS) is 11.1. The first-order chi connectivity index (χ1) is 9.19. The maximum Gasteiger partial charge on any atom is 0.185 e. The lowest BCUT2D eigenvalue weighted by Crippen LogP contribution is -1.98. The molecule has 0 spiro atoms. The lowest BCUT2D eigenvalue weighted by atomic mass is 10.1. The topological polar surface area (TPSA) is 34.9 Å². The zero-order valence-corrected chi connectivity index (χ0v) is 11.6. The summed E-state index contributed by atoms with van der Waals surface area (Å²) in [7, 11) is 0. The van der Waals surface area contributed by atoms with Gasteiger partial charge in [-0.3, -0.25) is 9.48 Å². The molecule has 3 nitrogen and oxygen atoms in total. The lowest BCUT2D eigenvalue weighted by molar-refractivity contribution is 0.104. The van der Waals surface area contributed by atoms with Crippen LogP contribution in [0, 0.1) is 0 Å². The highest BCUT2D eigenvalue weighted by atomic mass is 35.5. The summed E-state index contributed by atoms with van der Waals surface area (Å²) in [4.78, 5) is 11.9. The molecule has 5 heteroatoms. The van der Waals surface area contributed by atoms with Gasteiger partial charge in [0.25, 0.3) is 0 Å². The standard InChI is InChI=1S/C14H12Cl2N2O/c15-6-7-18-10-11(9-17-18)4-5-14(19)12-2-1-3-13(16)8-12/h1-5,8-10H,6-7H2. The highest BCUT2D eigenvalue weighted by Crippen LogP contribution is 2.12. The van der Waals surface area contributed by atoms with E-state index >= 15 is 0 Å². The Labute approximate surface area is 121 Å². The summed E-state index contributed by atoms with van der Waals surface area (Å²) in [5.74, 6) is 0.416. The minimum absolute atomic E-state index is 0.0902. The largest absolute Gasteiger partial charge is 0.289 e. The van der Waals surface area contributed by atoms with E-state index in [9.17, 15) is 4.79 Å². The molecule has 0 fully saturated rings. The van der Waals surface area contributed by atoms with Crippen LogP contribution in [-0.2, 0) is 6.54 Å². The molecule has 1 aromatic carbocycles. The summed E-state index contributed by atoms with van der Waals surface area (Å²) in [5.41, 5.74) is 1.43. The number of aromatic nitrogens is 2. The van der Waals surface area contributed by atoms with Crippen molar-refractivity contribution in [1.82, 2.24) is 9.78 Å². The van der Waals surface area contributed by atoms with Crippen LogP contribution < -0.4 is 0 Å². The fourth-order valence-electron chi connectivity index (χ4n) is 1.58. The molecular formula is C14H12Cl2N2O. The molecular weight excluding hydrogens is 283 g/mol. The third kappa shape index (κ3) is 3.94. The van der Waals surface area contributed by atoms with Crippen LogP contribution in [0.15, 0.2) is 42.7 Å². The average Bonchev–Trinajstić information content (AvgIpc) is 2.84. The zero-order valence-electron chi connectivity index (χ0n) is 10.1. The second kappa shape index (κ2) is 6.55. The Hall–Kier alpha value is -1.58. The van der Waals surface area contributed by atoms with Crippen LogP contribution in [0.5, 0.6) is 0 Å². The van der Waals surface area contributed by atoms with Crippen molar-refractivity contribution in [3.05, 3.63) is 58.9 Å². The van der Waals surface area contributed by atoms with Crippen molar-refractivity contribution in [2.75, 3.05) is 5.88 Å². The van der Waals surface area contributed by atoms with Gasteiger partial charge >= 0.3 is 0 Å². The monoisotopic (exact) mass is 294 g/mol. The molecule has 0 saturated carbocycles. The minimum atomic E-state index is -0.0902. The first-order valence-electron chi connectivity index (χ1n) is 5.75. The molecule has 0 saturated heterocycles. The third-order valence-corrected chi connectivity index (χ3v) is 2.91. The summed E-state index contributed by atoms with van der Waals surface area (Å²) < 4.78 is 1.73. The number of carbonyl (C=O) groups is 1. The summed E-state index contributed by atoms with van der Waals surface area (Å²) in [6.07, 6.45) is 6.76. The van der Waals surface area contributed by atoms with Gasteiger partial charge in [-0.2, -0.15) is 5.10 Å². The van der Waals surface area contributed by atoms with E-state index in [1.54, 1.807) is 41.2 Å². The van der Waals surface area contributed by atoms with Crippen LogP contribution >= 0.6 is 23.2 Å². The molecule has 1 aromatic heterocycles. The predicted molar refractivity (Wildman–Crippen MR) is 77.8 cm³/mol. The SMILES string of the molecule is O=C(C=Cc1cnn(CCCl)c1)c1cccc(Cl)c1. The Morgan fingerprint density at radius 3 is 3.00 bits per heavy atom. The molecule has 2 aromatic rings. The number of alkyl halides is 1. The number of nitrogens with zero attached hydrogens (tertiary/aromatic N) is 2. The Balaban J connectivity index is 2.07. The summed E-state index contributed by atoms with van der Waals surface area (Å²) in [6.45, 7) is 0.650. The molecule has 0 unspecified atom stereocenters. The molecule has 2 rings (SSSR count). The van der Waals surface area contributed by atoms with Crippen LogP contribution in [0.2, 0.25) is 5.02 Å². The van der Waals surface area contributed by atoms with E-state index in [-0.39, 0.29) is 5.78 Å². The van der Waals surface area contributed by atoms with E-state index in [4.69, 9.17) is 23.2 Å². The number of benzene rings is 1. The van der Waals surface area contributed by atoms with Crippen molar-refractivity contribution in [2.24, 2.45) is 0 Å². The zero-order chi connectivity index (χ0) is 13.7. The number of aryl methyl sites for hydroxylation is 1. The summed E-state index contributed by atoms with van der Waals surface area (Å²) in [6, 6.07) is 6.86. The van der Waals surface area contributed by atoms with E-state index in [0.717, 1.165) is 5.56 Å². The molecule has 19 heavy (non-hydrogen) atoms. The second-order valence-electron chi connectivity index (χ2n) is 3.93. The molecule has 0 aliphatic rings. The van der Waals surface area contributed by atoms with E-state index in [1.807, 2.05) is 6.20 Å². The Morgan fingerprint density at radius 2 is 2.26 bits per heavy atom. The van der Waals surface area contributed by atoms with Crippen LogP contribution in [0.4, 0.5) is 0 Å². The molecule has 98 valence electrons. The highest BCUT2D eigenvalue weighted by molar-refractivity contribution is 6.31. The molecule has 0 aliphatic carbocycles. The van der Waals surface area contributed by atoms with Crippen molar-refractivity contribution >= 4 is 35.1 Å². The van der Waals surface area contributed by atoms with Crippen LogP contribution in [0.3, 0.4) is 0 Å². The van der Waals surface area contributed by atoms with Gasteiger partial charge in [-0.25, -0.2) is 0 Å². The first-order valence-corrected chi connectivity index (χ1v) is 6.66. The van der Waals surface area contributed by atoms with Gasteiger partial charge in [-0.05, 0) is 24.3 Å². The molecule has 1 heterocycles. The van der Waals surface area contributed by atoms with Crippen LogP contribution in [0.1, 0.15) is 15.9 Å². The fourth-order valence-corrected chi connectivity index (χ4v) is 1.95. The van der Waals surface area contributed by atoms with Gasteiger partial charge in [0.2, 0.25) is 0 Å². The Kier molecular flexibility index (Phi) is 4.77. The summed E-state index contributed by atoms with van der Waals surface area (Å²) >= 11 is 11.5. The van der Waals surface area contributed by atoms with Crippen molar-refractivity contribution in [3.63, 3.8) is 0 Å². The number of ketones is 1. The maximum atomic E-state index is 11.9. The second-order valence-corrected chi connectivity index (χ2v) is 4.75. The van der Waals surface area contributed by atoms with Gasteiger partial charge in [0.05, 0.1) is 12.7 Å². The number of hydrogen-bond donors (Lipinski definition) is 0. The van der Waals surface area contributed by atoms with Crippen molar-refractivity contribution in [3.8, 4) is 0 Å². The molecule has 0 N–H and O–H groups in total. The van der Waals surface area contributed by atoms with Gasteiger partial charge in [0, 0.05) is 28.2 Å². The van der Waals surface area contributed by atoms with Crippen LogP contribution in [0.25, 0.3) is 6.08 Å². The average molecular weight is 295 g/mol. The highest BCUT2D eigenvalue weighted by Gasteiger charge is 2.02. The fraction of sp³-hybridized carbons (Fsp3) is 0.143. The van der Waals surface area contributed by atoms with Crippen LogP contribution in [-0.4, -0.2) is 21.4 Å². The van der Waals surface area contributed by atoms with Crippen molar-refractivity contribution in [1.29, 1.82) is 0 Å². The number of rotatable bonds is 5. The number of allylic oxidation sites excluding steroid dienone is 1. The molecule has 0 amide bonds. The van der Waals surface area contributed by atoms with E-state index < -0.39 is 0 Å². The summed E-state index contributed by atoms with van der Waals surface area (Å²) in [5, 5.41) is 4.67. The number of carbonyl (C=O) groups excluding carboxylic acids is 1. The Morgan fingerprint density at radius 1 is 1.42 bits per heavy atom. The lowest BCUT2D eigenvalue weighted by Gasteiger charge is -1.95. The van der Waals surface area contributed by atoms with E-state index in [0.29, 0.717) is 23.0 Å². The molecule has 0 aliphatic heterocycles. The van der Waals surface area contributed by atoms with Gasteiger partial charge in [-0.15, -0.1) is 11.6 Å². The van der Waals surface area contributed by atoms with Gasteiger partial charge < -0.3 is 0 Å².